The summed E-state index contributed by atoms with van der Waals surface area (Å²) in [6.07, 6.45) is 0. The second-order valence-electron chi connectivity index (χ2n) is 4.61. The molecule has 2 rings (SSSR count). The van der Waals surface area contributed by atoms with Crippen LogP contribution in [0.15, 0.2) is 16.6 Å². The fourth-order valence-electron chi connectivity index (χ4n) is 2.40. The number of rotatable bonds is 3. The molecule has 1 saturated heterocycles. The minimum Gasteiger partial charge on any atom is -0.394 e. The second kappa shape index (κ2) is 7.55. The van der Waals surface area contributed by atoms with E-state index in [0.29, 0.717) is 11.1 Å². The summed E-state index contributed by atoms with van der Waals surface area (Å²) in [5, 5.41) is 12.9. The Kier molecular flexibility index (Phi) is 6.69. The zero-order valence-electron chi connectivity index (χ0n) is 10.8. The van der Waals surface area contributed by atoms with Crippen molar-refractivity contribution < 1.29 is 9.50 Å². The van der Waals surface area contributed by atoms with Gasteiger partial charge in [0, 0.05) is 36.2 Å². The molecule has 108 valence electrons. The van der Waals surface area contributed by atoms with Gasteiger partial charge in [0.2, 0.25) is 0 Å². The van der Waals surface area contributed by atoms with Crippen molar-refractivity contribution in [2.45, 2.75) is 13.0 Å². The fourth-order valence-corrected chi connectivity index (χ4v) is 2.99. The third-order valence-corrected chi connectivity index (χ3v) is 3.83. The number of aliphatic hydroxyl groups is 1. The lowest BCUT2D eigenvalue weighted by molar-refractivity contribution is 0.108. The number of halogens is 3. The quantitative estimate of drug-likeness (QED) is 0.875. The van der Waals surface area contributed by atoms with Crippen LogP contribution in [0.3, 0.4) is 0 Å². The van der Waals surface area contributed by atoms with Crippen LogP contribution in [0.25, 0.3) is 0 Å². The third kappa shape index (κ3) is 3.89. The maximum atomic E-state index is 14.2. The minimum absolute atomic E-state index is 0. The van der Waals surface area contributed by atoms with Crippen molar-refractivity contribution in [3.8, 4) is 0 Å². The molecule has 0 bridgehead atoms. The molecule has 1 aromatic rings. The Labute approximate surface area is 127 Å². The molecule has 0 aliphatic carbocycles. The molecule has 0 radical (unpaired) electrons. The largest absolute Gasteiger partial charge is 0.394 e. The Morgan fingerprint density at radius 2 is 2.05 bits per heavy atom. The van der Waals surface area contributed by atoms with Crippen LogP contribution in [0, 0.1) is 12.7 Å². The van der Waals surface area contributed by atoms with E-state index >= 15 is 0 Å². The van der Waals surface area contributed by atoms with Crippen LogP contribution in [0.4, 0.5) is 4.39 Å². The molecule has 0 saturated carbocycles. The van der Waals surface area contributed by atoms with Crippen LogP contribution in [-0.2, 0) is 0 Å². The number of nitrogens with zero attached hydrogens (tertiary/aromatic N) is 1. The van der Waals surface area contributed by atoms with Crippen molar-refractivity contribution in [1.82, 2.24) is 10.2 Å². The molecular weight excluding hydrogens is 335 g/mol. The SMILES string of the molecule is Cc1cc(Br)cc([C@@H](CO)N2CCNCC2)c1F.Cl. The van der Waals surface area contributed by atoms with E-state index in [2.05, 4.69) is 26.1 Å². The van der Waals surface area contributed by atoms with E-state index in [0.717, 1.165) is 30.7 Å². The molecule has 1 fully saturated rings. The van der Waals surface area contributed by atoms with Gasteiger partial charge in [-0.1, -0.05) is 15.9 Å². The predicted octanol–water partition coefficient (Wildman–Crippen LogP) is 2.26. The highest BCUT2D eigenvalue weighted by atomic mass is 79.9. The monoisotopic (exact) mass is 352 g/mol. The Balaban J connectivity index is 0.00000180. The van der Waals surface area contributed by atoms with Crippen LogP contribution in [0.1, 0.15) is 17.2 Å². The molecule has 1 atom stereocenters. The van der Waals surface area contributed by atoms with Crippen LogP contribution in [0.5, 0.6) is 0 Å². The van der Waals surface area contributed by atoms with Crippen molar-refractivity contribution in [2.75, 3.05) is 32.8 Å². The van der Waals surface area contributed by atoms with Crippen LogP contribution in [-0.4, -0.2) is 42.8 Å². The highest BCUT2D eigenvalue weighted by Gasteiger charge is 2.24. The second-order valence-corrected chi connectivity index (χ2v) is 5.53. The van der Waals surface area contributed by atoms with Crippen molar-refractivity contribution in [2.24, 2.45) is 0 Å². The first-order valence-electron chi connectivity index (χ1n) is 6.14. The van der Waals surface area contributed by atoms with Crippen LogP contribution < -0.4 is 5.32 Å². The standard InChI is InChI=1S/C13H18BrFN2O.ClH/c1-9-6-10(14)7-11(13(9)15)12(8-18)17-4-2-16-3-5-17;/h6-7,12,16,18H,2-5,8H2,1H3;1H/t12-;/m1./s1. The average Bonchev–Trinajstić information content (AvgIpc) is 2.37. The molecule has 3 nitrogen and oxygen atoms in total. The van der Waals surface area contributed by atoms with E-state index in [4.69, 9.17) is 0 Å². The molecule has 19 heavy (non-hydrogen) atoms. The Bertz CT molecular complexity index is 427. The summed E-state index contributed by atoms with van der Waals surface area (Å²) < 4.78 is 15.1. The van der Waals surface area contributed by atoms with Crippen molar-refractivity contribution in [1.29, 1.82) is 0 Å². The minimum atomic E-state index is -0.261. The van der Waals surface area contributed by atoms with Crippen LogP contribution >= 0.6 is 28.3 Å². The lowest BCUT2D eigenvalue weighted by Gasteiger charge is -2.34. The van der Waals surface area contributed by atoms with Crippen molar-refractivity contribution >= 4 is 28.3 Å². The Morgan fingerprint density at radius 1 is 1.42 bits per heavy atom. The van der Waals surface area contributed by atoms with Gasteiger partial charge < -0.3 is 10.4 Å². The van der Waals surface area contributed by atoms with Gasteiger partial charge in [-0.2, -0.15) is 0 Å². The van der Waals surface area contributed by atoms with E-state index in [9.17, 15) is 9.50 Å². The number of nitrogens with one attached hydrogen (secondary N) is 1. The van der Waals surface area contributed by atoms with Gasteiger partial charge in [0.25, 0.3) is 0 Å². The summed E-state index contributed by atoms with van der Waals surface area (Å²) in [6.45, 7) is 5.10. The van der Waals surface area contributed by atoms with Crippen molar-refractivity contribution in [3.05, 3.63) is 33.5 Å². The Hall–Kier alpha value is -0.200. The topological polar surface area (TPSA) is 35.5 Å². The fraction of sp³-hybridized carbons (Fsp3) is 0.538. The zero-order valence-corrected chi connectivity index (χ0v) is 13.2. The Morgan fingerprint density at radius 3 is 2.63 bits per heavy atom. The van der Waals surface area contributed by atoms with Crippen molar-refractivity contribution in [3.63, 3.8) is 0 Å². The van der Waals surface area contributed by atoms with E-state index in [1.54, 1.807) is 19.1 Å². The van der Waals surface area contributed by atoms with Gasteiger partial charge in [-0.25, -0.2) is 4.39 Å². The van der Waals surface area contributed by atoms with E-state index in [1.807, 2.05) is 0 Å². The molecule has 1 heterocycles. The highest BCUT2D eigenvalue weighted by molar-refractivity contribution is 9.10. The smallest absolute Gasteiger partial charge is 0.131 e. The molecule has 6 heteroatoms. The number of hydrogen-bond donors (Lipinski definition) is 2. The number of aliphatic hydroxyl groups excluding tert-OH is 1. The van der Waals surface area contributed by atoms with E-state index in [1.165, 1.54) is 0 Å². The maximum absolute atomic E-state index is 14.2. The van der Waals surface area contributed by atoms with E-state index in [-0.39, 0.29) is 30.9 Å². The molecule has 1 aliphatic rings. The first kappa shape index (κ1) is 16.9. The first-order valence-corrected chi connectivity index (χ1v) is 6.94. The molecule has 0 spiro atoms. The molecule has 0 aromatic heterocycles. The normalized spacial score (nSPS) is 17.9. The maximum Gasteiger partial charge on any atom is 0.131 e. The number of piperazine rings is 1. The van der Waals surface area contributed by atoms with E-state index < -0.39 is 0 Å². The summed E-state index contributed by atoms with van der Waals surface area (Å²) in [7, 11) is 0. The third-order valence-electron chi connectivity index (χ3n) is 3.37. The molecular formula is C13H19BrClFN2O. The van der Waals surface area contributed by atoms with Gasteiger partial charge in [0.15, 0.2) is 0 Å². The average molecular weight is 354 g/mol. The molecule has 1 aliphatic heterocycles. The molecule has 1 aromatic carbocycles. The van der Waals surface area contributed by atoms with Gasteiger partial charge in [0.1, 0.15) is 5.82 Å². The summed E-state index contributed by atoms with van der Waals surface area (Å²) >= 11 is 3.39. The van der Waals surface area contributed by atoms with Gasteiger partial charge in [0.05, 0.1) is 12.6 Å². The summed E-state index contributed by atoms with van der Waals surface area (Å²) in [5.41, 5.74) is 1.18. The lowest BCUT2D eigenvalue weighted by Crippen LogP contribution is -2.46. The lowest BCUT2D eigenvalue weighted by atomic mass is 10.0. The molecule has 0 unspecified atom stereocenters. The summed E-state index contributed by atoms with van der Waals surface area (Å²) in [6, 6.07) is 3.26. The number of aryl methyl sites for hydroxylation is 1. The summed E-state index contributed by atoms with van der Waals surface area (Å²) in [5.74, 6) is -0.212. The number of hydrogen-bond acceptors (Lipinski definition) is 3. The summed E-state index contributed by atoms with van der Waals surface area (Å²) in [4.78, 5) is 2.13. The zero-order chi connectivity index (χ0) is 13.1. The predicted molar refractivity (Wildman–Crippen MR) is 80.4 cm³/mol. The highest BCUT2D eigenvalue weighted by Crippen LogP contribution is 2.28. The van der Waals surface area contributed by atoms with Gasteiger partial charge in [-0.05, 0) is 24.6 Å². The molecule has 0 amide bonds. The first-order chi connectivity index (χ1) is 8.63. The van der Waals surface area contributed by atoms with Gasteiger partial charge in [-0.15, -0.1) is 12.4 Å². The number of benzene rings is 1. The van der Waals surface area contributed by atoms with Gasteiger partial charge >= 0.3 is 0 Å². The van der Waals surface area contributed by atoms with Gasteiger partial charge in [-0.3, -0.25) is 4.90 Å². The van der Waals surface area contributed by atoms with Crippen LogP contribution in [0.2, 0.25) is 0 Å². The molecule has 2 N–H and O–H groups in total.